The number of aromatic nitrogens is 1. The first-order valence-corrected chi connectivity index (χ1v) is 7.83. The third-order valence-corrected chi connectivity index (χ3v) is 4.18. The van der Waals surface area contributed by atoms with Crippen molar-refractivity contribution in [3.63, 3.8) is 0 Å². The Morgan fingerprint density at radius 1 is 1.50 bits per heavy atom. The summed E-state index contributed by atoms with van der Waals surface area (Å²) in [5, 5.41) is 2.71. The van der Waals surface area contributed by atoms with Crippen LogP contribution in [0.5, 0.6) is 0 Å². The summed E-state index contributed by atoms with van der Waals surface area (Å²) in [6.45, 7) is 2.18. The Morgan fingerprint density at radius 2 is 2.30 bits per heavy atom. The molecule has 1 aromatic heterocycles. The van der Waals surface area contributed by atoms with Gasteiger partial charge in [-0.2, -0.15) is 0 Å². The minimum atomic E-state index is -0.292. The van der Waals surface area contributed by atoms with Crippen molar-refractivity contribution >= 4 is 33.2 Å². The highest BCUT2D eigenvalue weighted by Crippen LogP contribution is 2.31. The molecular weight excluding hydrogens is 345 g/mol. The summed E-state index contributed by atoms with van der Waals surface area (Å²) in [4.78, 5) is 15.8. The van der Waals surface area contributed by atoms with Crippen LogP contribution in [0.25, 0.3) is 10.6 Å². The highest BCUT2D eigenvalue weighted by Gasteiger charge is 2.10. The normalized spacial score (nSPS) is 10.6. The molecule has 2 aromatic rings. The lowest BCUT2D eigenvalue weighted by Crippen LogP contribution is -2.05. The molecule has 0 bridgehead atoms. The van der Waals surface area contributed by atoms with Crippen LogP contribution < -0.4 is 0 Å². The van der Waals surface area contributed by atoms with Gasteiger partial charge in [-0.3, -0.25) is 4.79 Å². The molecule has 0 fully saturated rings. The summed E-state index contributed by atoms with van der Waals surface area (Å²) < 4.78 is 18.6. The number of hydrogen-bond acceptors (Lipinski definition) is 4. The number of rotatable bonds is 5. The number of ether oxygens (including phenoxy) is 1. The van der Waals surface area contributed by atoms with E-state index in [0.29, 0.717) is 23.9 Å². The van der Waals surface area contributed by atoms with Crippen LogP contribution in [0.1, 0.15) is 19.0 Å². The standard InChI is InChI=1S/C14H13BrFNO2S/c1-2-19-13(18)6-4-10-8-20-14(17-10)11-5-3-9(16)7-12(11)15/h3,5,7-8H,2,4,6H2,1H3. The van der Waals surface area contributed by atoms with Gasteiger partial charge >= 0.3 is 5.97 Å². The van der Waals surface area contributed by atoms with Crippen LogP contribution in [0, 0.1) is 5.82 Å². The van der Waals surface area contributed by atoms with Gasteiger partial charge in [0.25, 0.3) is 0 Å². The Hall–Kier alpha value is -1.27. The lowest BCUT2D eigenvalue weighted by atomic mass is 10.2. The van der Waals surface area contributed by atoms with E-state index in [4.69, 9.17) is 4.74 Å². The van der Waals surface area contributed by atoms with Gasteiger partial charge in [-0.05, 0) is 41.1 Å². The molecule has 20 heavy (non-hydrogen) atoms. The molecule has 0 saturated carbocycles. The van der Waals surface area contributed by atoms with E-state index in [1.165, 1.54) is 23.5 Å². The number of aryl methyl sites for hydroxylation is 1. The zero-order valence-electron chi connectivity index (χ0n) is 10.9. The monoisotopic (exact) mass is 357 g/mol. The van der Waals surface area contributed by atoms with Crippen LogP contribution in [0.4, 0.5) is 4.39 Å². The lowest BCUT2D eigenvalue weighted by molar-refractivity contribution is -0.143. The third-order valence-electron chi connectivity index (χ3n) is 2.60. The number of esters is 1. The molecule has 0 spiro atoms. The van der Waals surface area contributed by atoms with Gasteiger partial charge in [0.1, 0.15) is 10.8 Å². The van der Waals surface area contributed by atoms with Gasteiger partial charge in [-0.1, -0.05) is 0 Å². The van der Waals surface area contributed by atoms with Gasteiger partial charge in [0.05, 0.1) is 18.7 Å². The smallest absolute Gasteiger partial charge is 0.306 e. The van der Waals surface area contributed by atoms with Crippen LogP contribution in [-0.2, 0) is 16.0 Å². The summed E-state index contributed by atoms with van der Waals surface area (Å²) in [6.07, 6.45) is 0.871. The van der Waals surface area contributed by atoms with Crippen LogP contribution >= 0.6 is 27.3 Å². The molecule has 1 heterocycles. The number of carbonyl (C=O) groups is 1. The molecule has 0 aliphatic heterocycles. The van der Waals surface area contributed by atoms with Crippen LogP contribution in [0.3, 0.4) is 0 Å². The Labute approximate surface area is 128 Å². The molecule has 3 nitrogen and oxygen atoms in total. The van der Waals surface area contributed by atoms with E-state index in [9.17, 15) is 9.18 Å². The summed E-state index contributed by atoms with van der Waals surface area (Å²) in [6, 6.07) is 4.50. The van der Waals surface area contributed by atoms with E-state index in [2.05, 4.69) is 20.9 Å². The molecule has 2 rings (SSSR count). The number of benzene rings is 1. The van der Waals surface area contributed by atoms with E-state index in [0.717, 1.165) is 16.3 Å². The molecule has 0 aliphatic carbocycles. The van der Waals surface area contributed by atoms with Gasteiger partial charge in [-0.15, -0.1) is 11.3 Å². The first-order valence-electron chi connectivity index (χ1n) is 6.15. The van der Waals surface area contributed by atoms with Gasteiger partial charge in [0, 0.05) is 21.8 Å². The SMILES string of the molecule is CCOC(=O)CCc1csc(-c2ccc(F)cc2Br)n1. The molecular formula is C14H13BrFNO2S. The minimum Gasteiger partial charge on any atom is -0.466 e. The molecule has 0 amide bonds. The second-order valence-electron chi connectivity index (χ2n) is 4.07. The molecule has 0 unspecified atom stereocenters. The van der Waals surface area contributed by atoms with Crippen molar-refractivity contribution in [2.45, 2.75) is 19.8 Å². The molecule has 0 N–H and O–H groups in total. The average Bonchev–Trinajstić information content (AvgIpc) is 2.85. The molecule has 0 atom stereocenters. The first kappa shape index (κ1) is 15.1. The highest BCUT2D eigenvalue weighted by atomic mass is 79.9. The maximum atomic E-state index is 13.1. The zero-order valence-corrected chi connectivity index (χ0v) is 13.3. The largest absolute Gasteiger partial charge is 0.466 e. The van der Waals surface area contributed by atoms with Crippen LogP contribution in [-0.4, -0.2) is 17.6 Å². The molecule has 106 valence electrons. The second kappa shape index (κ2) is 6.95. The Morgan fingerprint density at radius 3 is 3.00 bits per heavy atom. The molecule has 0 saturated heterocycles. The Kier molecular flexibility index (Phi) is 5.25. The number of hydrogen-bond donors (Lipinski definition) is 0. The Balaban J connectivity index is 2.07. The Bertz CT molecular complexity index is 615. The lowest BCUT2D eigenvalue weighted by Gasteiger charge is -2.01. The fourth-order valence-corrected chi connectivity index (χ4v) is 3.23. The van der Waals surface area contributed by atoms with Crippen LogP contribution in [0.15, 0.2) is 28.1 Å². The summed E-state index contributed by atoms with van der Waals surface area (Å²) >= 11 is 4.80. The highest BCUT2D eigenvalue weighted by molar-refractivity contribution is 9.10. The fourth-order valence-electron chi connectivity index (χ4n) is 1.67. The van der Waals surface area contributed by atoms with E-state index >= 15 is 0 Å². The van der Waals surface area contributed by atoms with Crippen molar-refractivity contribution < 1.29 is 13.9 Å². The molecule has 0 aliphatic rings. The van der Waals surface area contributed by atoms with E-state index in [1.807, 2.05) is 5.38 Å². The summed E-state index contributed by atoms with van der Waals surface area (Å²) in [5.41, 5.74) is 1.69. The van der Waals surface area contributed by atoms with Gasteiger partial charge in [-0.25, -0.2) is 9.37 Å². The number of thiazole rings is 1. The van der Waals surface area contributed by atoms with Crippen molar-refractivity contribution in [3.05, 3.63) is 39.6 Å². The third kappa shape index (κ3) is 3.86. The van der Waals surface area contributed by atoms with Crippen LogP contribution in [0.2, 0.25) is 0 Å². The maximum absolute atomic E-state index is 13.1. The maximum Gasteiger partial charge on any atom is 0.306 e. The van der Waals surface area contributed by atoms with E-state index in [-0.39, 0.29) is 11.8 Å². The average molecular weight is 358 g/mol. The molecule has 0 radical (unpaired) electrons. The van der Waals surface area contributed by atoms with Crippen molar-refractivity contribution in [2.24, 2.45) is 0 Å². The summed E-state index contributed by atoms with van der Waals surface area (Å²) in [5.74, 6) is -0.510. The molecule has 1 aromatic carbocycles. The first-order chi connectivity index (χ1) is 9.60. The summed E-state index contributed by atoms with van der Waals surface area (Å²) in [7, 11) is 0. The van der Waals surface area contributed by atoms with Crippen molar-refractivity contribution in [2.75, 3.05) is 6.61 Å². The minimum absolute atomic E-state index is 0.218. The van der Waals surface area contributed by atoms with Crippen molar-refractivity contribution in [3.8, 4) is 10.6 Å². The zero-order chi connectivity index (χ0) is 14.5. The predicted octanol–water partition coefficient (Wildman–Crippen LogP) is 4.21. The predicted molar refractivity (Wildman–Crippen MR) is 80.2 cm³/mol. The number of nitrogens with zero attached hydrogens (tertiary/aromatic N) is 1. The van der Waals surface area contributed by atoms with Gasteiger partial charge in [0.2, 0.25) is 0 Å². The topological polar surface area (TPSA) is 39.2 Å². The van der Waals surface area contributed by atoms with Crippen molar-refractivity contribution in [1.82, 2.24) is 4.98 Å². The van der Waals surface area contributed by atoms with E-state index in [1.54, 1.807) is 13.0 Å². The van der Waals surface area contributed by atoms with Gasteiger partial charge in [0.15, 0.2) is 0 Å². The quantitative estimate of drug-likeness (QED) is 0.752. The molecule has 6 heteroatoms. The van der Waals surface area contributed by atoms with E-state index < -0.39 is 0 Å². The van der Waals surface area contributed by atoms with Gasteiger partial charge < -0.3 is 4.74 Å². The number of halogens is 2. The van der Waals surface area contributed by atoms with Crippen molar-refractivity contribution in [1.29, 1.82) is 0 Å². The number of carbonyl (C=O) groups excluding carboxylic acids is 1. The second-order valence-corrected chi connectivity index (χ2v) is 5.79. The fraction of sp³-hybridized carbons (Fsp3) is 0.286.